The minimum Gasteiger partial charge on any atom is -0.312 e. The summed E-state index contributed by atoms with van der Waals surface area (Å²) in [4.78, 5) is 7.20. The number of hydrogen-bond donors (Lipinski definition) is 1. The Kier molecular flexibility index (Phi) is 6.02. The van der Waals surface area contributed by atoms with Crippen molar-refractivity contribution >= 4 is 35.3 Å². The van der Waals surface area contributed by atoms with Gasteiger partial charge in [-0.3, -0.25) is 4.90 Å². The van der Waals surface area contributed by atoms with Crippen molar-refractivity contribution in [3.05, 3.63) is 40.4 Å². The highest BCUT2D eigenvalue weighted by Gasteiger charge is 2.16. The van der Waals surface area contributed by atoms with E-state index in [-0.39, 0.29) is 12.4 Å². The molecule has 0 aliphatic carbocycles. The first-order valence-corrected chi connectivity index (χ1v) is 8.12. The fourth-order valence-corrected chi connectivity index (χ4v) is 3.43. The SMILES string of the molecule is C[C@@H]1CN(Cc2csc(-c3ccc(Cl)cc3)n2)CCN1.Cl. The van der Waals surface area contributed by atoms with E-state index in [4.69, 9.17) is 16.6 Å². The Morgan fingerprint density at radius 1 is 1.38 bits per heavy atom. The van der Waals surface area contributed by atoms with Crippen molar-refractivity contribution in [1.82, 2.24) is 15.2 Å². The van der Waals surface area contributed by atoms with Gasteiger partial charge in [0.15, 0.2) is 0 Å². The second kappa shape index (κ2) is 7.56. The molecule has 0 radical (unpaired) electrons. The van der Waals surface area contributed by atoms with Crippen molar-refractivity contribution in [2.24, 2.45) is 0 Å². The zero-order valence-electron chi connectivity index (χ0n) is 11.9. The van der Waals surface area contributed by atoms with Crippen LogP contribution >= 0.6 is 35.3 Å². The van der Waals surface area contributed by atoms with Crippen LogP contribution in [0.25, 0.3) is 10.6 Å². The largest absolute Gasteiger partial charge is 0.312 e. The zero-order valence-corrected chi connectivity index (χ0v) is 14.3. The van der Waals surface area contributed by atoms with E-state index in [1.807, 2.05) is 24.3 Å². The second-order valence-corrected chi connectivity index (χ2v) is 6.54. The average Bonchev–Trinajstić information content (AvgIpc) is 2.88. The van der Waals surface area contributed by atoms with Gasteiger partial charge in [0.2, 0.25) is 0 Å². The lowest BCUT2D eigenvalue weighted by atomic mass is 10.2. The number of piperazine rings is 1. The predicted molar refractivity (Wildman–Crippen MR) is 92.5 cm³/mol. The topological polar surface area (TPSA) is 28.2 Å². The molecule has 1 N–H and O–H groups in total. The molecule has 114 valence electrons. The lowest BCUT2D eigenvalue weighted by Gasteiger charge is -2.31. The lowest BCUT2D eigenvalue weighted by molar-refractivity contribution is 0.198. The van der Waals surface area contributed by atoms with Crippen LogP contribution in [-0.4, -0.2) is 35.6 Å². The fraction of sp³-hybridized carbons (Fsp3) is 0.400. The molecule has 0 saturated carbocycles. The van der Waals surface area contributed by atoms with Gasteiger partial charge in [0.1, 0.15) is 5.01 Å². The minimum absolute atomic E-state index is 0. The molecule has 1 fully saturated rings. The van der Waals surface area contributed by atoms with Gasteiger partial charge in [0.05, 0.1) is 5.69 Å². The Balaban J connectivity index is 0.00000161. The molecule has 1 saturated heterocycles. The molecule has 0 bridgehead atoms. The molecule has 2 heterocycles. The number of aromatic nitrogens is 1. The van der Waals surface area contributed by atoms with E-state index >= 15 is 0 Å². The number of benzene rings is 1. The van der Waals surface area contributed by atoms with E-state index in [9.17, 15) is 0 Å². The highest BCUT2D eigenvalue weighted by molar-refractivity contribution is 7.13. The third-order valence-electron chi connectivity index (χ3n) is 3.48. The first kappa shape index (κ1) is 16.7. The van der Waals surface area contributed by atoms with E-state index < -0.39 is 0 Å². The lowest BCUT2D eigenvalue weighted by Crippen LogP contribution is -2.48. The van der Waals surface area contributed by atoms with Crippen molar-refractivity contribution in [2.45, 2.75) is 19.5 Å². The molecule has 0 unspecified atom stereocenters. The molecule has 1 aliphatic heterocycles. The number of nitrogens with one attached hydrogen (secondary N) is 1. The molecular weight excluding hydrogens is 325 g/mol. The summed E-state index contributed by atoms with van der Waals surface area (Å²) < 4.78 is 0. The number of halogens is 2. The van der Waals surface area contributed by atoms with Crippen molar-refractivity contribution in [1.29, 1.82) is 0 Å². The summed E-state index contributed by atoms with van der Waals surface area (Å²) in [5.41, 5.74) is 2.30. The predicted octanol–water partition coefficient (Wildman–Crippen LogP) is 3.68. The second-order valence-electron chi connectivity index (χ2n) is 5.24. The Bertz CT molecular complexity index is 571. The average molecular weight is 344 g/mol. The van der Waals surface area contributed by atoms with E-state index in [0.717, 1.165) is 47.5 Å². The fourth-order valence-electron chi connectivity index (χ4n) is 2.49. The molecule has 0 spiro atoms. The highest BCUT2D eigenvalue weighted by Crippen LogP contribution is 2.25. The molecule has 1 atom stereocenters. The number of hydrogen-bond acceptors (Lipinski definition) is 4. The van der Waals surface area contributed by atoms with Gasteiger partial charge < -0.3 is 5.32 Å². The highest BCUT2D eigenvalue weighted by atomic mass is 35.5. The normalized spacial score (nSPS) is 19.2. The number of rotatable bonds is 3. The molecule has 6 heteroatoms. The maximum absolute atomic E-state index is 5.92. The standard InChI is InChI=1S/C15H18ClN3S.ClH/c1-11-8-19(7-6-17-11)9-14-10-20-15(18-14)12-2-4-13(16)5-3-12;/h2-5,10-11,17H,6-9H2,1H3;1H/t11-;/m1./s1. The van der Waals surface area contributed by atoms with Gasteiger partial charge in [-0.15, -0.1) is 23.7 Å². The molecule has 21 heavy (non-hydrogen) atoms. The Labute approximate surface area is 140 Å². The quantitative estimate of drug-likeness (QED) is 0.921. The number of thiazole rings is 1. The molecule has 3 rings (SSSR count). The summed E-state index contributed by atoms with van der Waals surface area (Å²) in [6, 6.07) is 8.44. The summed E-state index contributed by atoms with van der Waals surface area (Å²) in [6.07, 6.45) is 0. The van der Waals surface area contributed by atoms with Gasteiger partial charge in [0.25, 0.3) is 0 Å². The van der Waals surface area contributed by atoms with Gasteiger partial charge in [-0.1, -0.05) is 23.7 Å². The molecular formula is C15H19Cl2N3S. The Morgan fingerprint density at radius 2 is 2.14 bits per heavy atom. The van der Waals surface area contributed by atoms with Crippen molar-refractivity contribution in [3.8, 4) is 10.6 Å². The van der Waals surface area contributed by atoms with Crippen molar-refractivity contribution in [3.63, 3.8) is 0 Å². The van der Waals surface area contributed by atoms with E-state index in [2.05, 4.69) is 22.5 Å². The van der Waals surface area contributed by atoms with E-state index in [0.29, 0.717) is 6.04 Å². The summed E-state index contributed by atoms with van der Waals surface area (Å²) in [5.74, 6) is 0. The van der Waals surface area contributed by atoms with Crippen LogP contribution in [-0.2, 0) is 6.54 Å². The first-order valence-electron chi connectivity index (χ1n) is 6.87. The Morgan fingerprint density at radius 3 is 2.86 bits per heavy atom. The third kappa shape index (κ3) is 4.41. The summed E-state index contributed by atoms with van der Waals surface area (Å²) in [7, 11) is 0. The molecule has 2 aromatic rings. The van der Waals surface area contributed by atoms with Crippen LogP contribution in [0.2, 0.25) is 5.02 Å². The molecule has 1 aromatic carbocycles. The maximum Gasteiger partial charge on any atom is 0.123 e. The monoisotopic (exact) mass is 343 g/mol. The van der Waals surface area contributed by atoms with Gasteiger partial charge >= 0.3 is 0 Å². The molecule has 1 aromatic heterocycles. The molecule has 1 aliphatic rings. The summed E-state index contributed by atoms with van der Waals surface area (Å²) in [6.45, 7) is 6.42. The van der Waals surface area contributed by atoms with Crippen LogP contribution in [0, 0.1) is 0 Å². The maximum atomic E-state index is 5.92. The third-order valence-corrected chi connectivity index (χ3v) is 4.67. The molecule has 0 amide bonds. The van der Waals surface area contributed by atoms with Crippen LogP contribution in [0.1, 0.15) is 12.6 Å². The van der Waals surface area contributed by atoms with Crippen LogP contribution in [0.5, 0.6) is 0 Å². The smallest absolute Gasteiger partial charge is 0.123 e. The van der Waals surface area contributed by atoms with Gasteiger partial charge in [-0.25, -0.2) is 4.98 Å². The van der Waals surface area contributed by atoms with Crippen LogP contribution in [0.15, 0.2) is 29.6 Å². The van der Waals surface area contributed by atoms with Gasteiger partial charge in [0, 0.05) is 48.2 Å². The van der Waals surface area contributed by atoms with Gasteiger partial charge in [-0.05, 0) is 19.1 Å². The summed E-state index contributed by atoms with van der Waals surface area (Å²) >= 11 is 7.62. The first-order chi connectivity index (χ1) is 9.70. The van der Waals surface area contributed by atoms with E-state index in [1.54, 1.807) is 11.3 Å². The van der Waals surface area contributed by atoms with Crippen LogP contribution in [0.3, 0.4) is 0 Å². The Hall–Kier alpha value is -0.650. The molecule has 3 nitrogen and oxygen atoms in total. The minimum atomic E-state index is 0. The van der Waals surface area contributed by atoms with Gasteiger partial charge in [-0.2, -0.15) is 0 Å². The van der Waals surface area contributed by atoms with E-state index in [1.165, 1.54) is 0 Å². The van der Waals surface area contributed by atoms with Crippen molar-refractivity contribution in [2.75, 3.05) is 19.6 Å². The van der Waals surface area contributed by atoms with Crippen molar-refractivity contribution < 1.29 is 0 Å². The van der Waals surface area contributed by atoms with Crippen LogP contribution in [0.4, 0.5) is 0 Å². The zero-order chi connectivity index (χ0) is 13.9. The number of nitrogens with zero attached hydrogens (tertiary/aromatic N) is 2. The van der Waals surface area contributed by atoms with Crippen LogP contribution < -0.4 is 5.32 Å². The summed E-state index contributed by atoms with van der Waals surface area (Å²) in [5, 5.41) is 7.46.